The molecule has 12 nitrogen and oxygen atoms in total. The normalized spacial score (nSPS) is 10.8. The lowest BCUT2D eigenvalue weighted by Crippen LogP contribution is -2.12. The number of benzene rings is 6. The molecule has 0 aliphatic rings. The lowest BCUT2D eigenvalue weighted by molar-refractivity contribution is -0.385. The highest BCUT2D eigenvalue weighted by atomic mass is 19.2. The molecule has 0 atom stereocenters. The second-order valence-electron chi connectivity index (χ2n) is 11.7. The summed E-state index contributed by atoms with van der Waals surface area (Å²) in [4.78, 5) is 45.5. The summed E-state index contributed by atoms with van der Waals surface area (Å²) in [6.07, 6.45) is 0. The number of hydrogen-bond donors (Lipinski definition) is 2. The van der Waals surface area contributed by atoms with Crippen LogP contribution in [0.3, 0.4) is 0 Å². The summed E-state index contributed by atoms with van der Waals surface area (Å²) < 4.78 is 133. The summed E-state index contributed by atoms with van der Waals surface area (Å²) in [6.45, 7) is 0. The van der Waals surface area contributed by atoms with Gasteiger partial charge in [0, 0.05) is 58.9 Å². The van der Waals surface area contributed by atoms with E-state index in [4.69, 9.17) is 9.47 Å². The fourth-order valence-corrected chi connectivity index (χ4v) is 5.23. The molecule has 0 saturated heterocycles. The van der Waals surface area contributed by atoms with Crippen molar-refractivity contribution in [1.82, 2.24) is 0 Å². The largest absolute Gasteiger partial charge is 0.451 e. The molecule has 0 aromatic heterocycles. The Hall–Kier alpha value is -7.90. The highest BCUT2D eigenvalue weighted by Crippen LogP contribution is 2.43. The Kier molecular flexibility index (Phi) is 11.0. The maximum absolute atomic E-state index is 15.4. The smallest absolute Gasteiger partial charge is 0.269 e. The lowest BCUT2D eigenvalue weighted by Gasteiger charge is -2.16. The summed E-state index contributed by atoms with van der Waals surface area (Å²) in [7, 11) is 0. The standard InChI is InChI=1S/C38H18F8N4O8/c39-27-25(28(40)32(44)35(31(27)43)57-23-5-1-3-19(15-23)47-37(51)17-7-11-21(12-8-17)49(53)54)26-29(41)33(45)36(34(46)30(26)42)58-24-6-2-4-20(16-24)48-38(52)18-9-13-22(14-10-18)50(55)56/h1-16H,(H,47,51)(H,48,52). The molecule has 0 unspecified atom stereocenters. The van der Waals surface area contributed by atoms with Gasteiger partial charge in [0.05, 0.1) is 21.0 Å². The van der Waals surface area contributed by atoms with Gasteiger partial charge in [0.2, 0.25) is 34.8 Å². The molecule has 2 N–H and O–H groups in total. The fraction of sp³-hybridized carbons (Fsp3) is 0. The predicted molar refractivity (Wildman–Crippen MR) is 187 cm³/mol. The van der Waals surface area contributed by atoms with Gasteiger partial charge in [-0.05, 0) is 48.5 Å². The van der Waals surface area contributed by atoms with E-state index in [0.717, 1.165) is 72.8 Å². The van der Waals surface area contributed by atoms with Crippen LogP contribution >= 0.6 is 0 Å². The van der Waals surface area contributed by atoms with Gasteiger partial charge in [-0.1, -0.05) is 12.1 Å². The Morgan fingerprint density at radius 3 is 1.07 bits per heavy atom. The molecule has 6 rings (SSSR count). The molecule has 6 aromatic carbocycles. The molecule has 0 spiro atoms. The van der Waals surface area contributed by atoms with Gasteiger partial charge >= 0.3 is 0 Å². The highest BCUT2D eigenvalue weighted by Gasteiger charge is 2.36. The average Bonchev–Trinajstić information content (AvgIpc) is 3.21. The molecule has 0 saturated carbocycles. The van der Waals surface area contributed by atoms with Gasteiger partial charge in [-0.2, -0.15) is 17.6 Å². The second-order valence-corrected chi connectivity index (χ2v) is 11.7. The van der Waals surface area contributed by atoms with Crippen molar-refractivity contribution in [3.63, 3.8) is 0 Å². The molecule has 0 fully saturated rings. The van der Waals surface area contributed by atoms with Crippen LogP contribution in [0.1, 0.15) is 20.7 Å². The molecule has 2 amide bonds. The van der Waals surface area contributed by atoms with Crippen LogP contribution in [0.15, 0.2) is 97.1 Å². The summed E-state index contributed by atoms with van der Waals surface area (Å²) in [5.74, 6) is -25.9. The zero-order valence-corrected chi connectivity index (χ0v) is 28.4. The Morgan fingerprint density at radius 2 is 0.776 bits per heavy atom. The first-order valence-electron chi connectivity index (χ1n) is 15.9. The molecule has 20 heteroatoms. The highest BCUT2D eigenvalue weighted by molar-refractivity contribution is 6.05. The van der Waals surface area contributed by atoms with Gasteiger partial charge in [-0.15, -0.1) is 0 Å². The molecule has 0 aliphatic carbocycles. The van der Waals surface area contributed by atoms with Crippen LogP contribution < -0.4 is 20.1 Å². The first kappa shape index (κ1) is 39.8. The topological polar surface area (TPSA) is 163 Å². The molecule has 0 bridgehead atoms. The first-order valence-corrected chi connectivity index (χ1v) is 15.9. The third-order valence-electron chi connectivity index (χ3n) is 8.00. The molecule has 58 heavy (non-hydrogen) atoms. The average molecular weight is 811 g/mol. The maximum atomic E-state index is 15.4. The quantitative estimate of drug-likeness (QED) is 0.0565. The van der Waals surface area contributed by atoms with Crippen LogP contribution in [0.4, 0.5) is 57.9 Å². The molecular weight excluding hydrogens is 792 g/mol. The molecule has 0 radical (unpaired) electrons. The molecule has 0 aliphatic heterocycles. The van der Waals surface area contributed by atoms with Crippen molar-refractivity contribution in [3.05, 3.63) is 175 Å². The fourth-order valence-electron chi connectivity index (χ4n) is 5.23. The van der Waals surface area contributed by atoms with Crippen molar-refractivity contribution in [1.29, 1.82) is 0 Å². The van der Waals surface area contributed by atoms with E-state index < -0.39 is 102 Å². The monoisotopic (exact) mass is 810 g/mol. The van der Waals surface area contributed by atoms with Crippen molar-refractivity contribution in [2.24, 2.45) is 0 Å². The number of nitrogens with one attached hydrogen (secondary N) is 2. The number of nitrogens with zero attached hydrogens (tertiary/aromatic N) is 2. The van der Waals surface area contributed by atoms with Crippen molar-refractivity contribution in [3.8, 4) is 34.1 Å². The minimum absolute atomic E-state index is 0.0429. The predicted octanol–water partition coefficient (Wildman–Crippen LogP) is 10.4. The number of non-ortho nitro benzene ring substituents is 2. The van der Waals surface area contributed by atoms with Gasteiger partial charge in [-0.3, -0.25) is 29.8 Å². The SMILES string of the molecule is O=C(Nc1cccc(Oc2c(F)c(F)c(-c3c(F)c(F)c(Oc4cccc(NC(=O)c5ccc([N+](=O)[O-])cc5)c4)c(F)c3F)c(F)c2F)c1)c1ccc([N+](=O)[O-])cc1. The van der Waals surface area contributed by atoms with E-state index in [-0.39, 0.29) is 33.9 Å². The van der Waals surface area contributed by atoms with Crippen LogP contribution in [0, 0.1) is 66.8 Å². The van der Waals surface area contributed by atoms with Crippen LogP contribution in [-0.4, -0.2) is 21.7 Å². The number of halogens is 8. The van der Waals surface area contributed by atoms with E-state index in [1.807, 2.05) is 0 Å². The van der Waals surface area contributed by atoms with E-state index in [9.17, 15) is 29.8 Å². The van der Waals surface area contributed by atoms with E-state index >= 15 is 35.1 Å². The minimum Gasteiger partial charge on any atom is -0.451 e. The van der Waals surface area contributed by atoms with Gasteiger partial charge in [0.1, 0.15) is 11.5 Å². The van der Waals surface area contributed by atoms with Crippen molar-refractivity contribution in [2.75, 3.05) is 10.6 Å². The summed E-state index contributed by atoms with van der Waals surface area (Å²) in [6, 6.07) is 17.5. The number of carbonyl (C=O) groups is 2. The van der Waals surface area contributed by atoms with Crippen LogP contribution in [-0.2, 0) is 0 Å². The number of rotatable bonds is 11. The van der Waals surface area contributed by atoms with Gasteiger partial charge < -0.3 is 20.1 Å². The molecule has 294 valence electrons. The summed E-state index contributed by atoms with van der Waals surface area (Å²) in [5.41, 5.74) is -5.28. The van der Waals surface area contributed by atoms with E-state index in [1.165, 1.54) is 24.3 Å². The van der Waals surface area contributed by atoms with Crippen molar-refractivity contribution >= 4 is 34.6 Å². The molecular formula is C38H18F8N4O8. The Morgan fingerprint density at radius 1 is 0.466 bits per heavy atom. The Bertz CT molecular complexity index is 2420. The molecule has 0 heterocycles. The van der Waals surface area contributed by atoms with Crippen molar-refractivity contribution < 1.29 is 64.0 Å². The Balaban J connectivity index is 1.25. The van der Waals surface area contributed by atoms with Gasteiger partial charge in [-0.25, -0.2) is 17.6 Å². The molecule has 6 aromatic rings. The van der Waals surface area contributed by atoms with Crippen LogP contribution in [0.2, 0.25) is 0 Å². The van der Waals surface area contributed by atoms with Gasteiger partial charge in [0.15, 0.2) is 23.3 Å². The zero-order valence-electron chi connectivity index (χ0n) is 28.4. The van der Waals surface area contributed by atoms with Crippen molar-refractivity contribution in [2.45, 2.75) is 0 Å². The number of carbonyl (C=O) groups excluding carboxylic acids is 2. The lowest BCUT2D eigenvalue weighted by atomic mass is 10.0. The van der Waals surface area contributed by atoms with Gasteiger partial charge in [0.25, 0.3) is 23.2 Å². The number of ether oxygens (including phenoxy) is 2. The van der Waals surface area contributed by atoms with E-state index in [0.29, 0.717) is 0 Å². The van der Waals surface area contributed by atoms with E-state index in [2.05, 4.69) is 10.6 Å². The second kappa shape index (κ2) is 16.1. The summed E-state index contributed by atoms with van der Waals surface area (Å²) >= 11 is 0. The zero-order chi connectivity index (χ0) is 42.0. The number of anilines is 2. The Labute approximate surface area is 318 Å². The number of nitro groups is 2. The number of amides is 2. The van der Waals surface area contributed by atoms with Crippen LogP contribution in [0.25, 0.3) is 11.1 Å². The number of hydrogen-bond acceptors (Lipinski definition) is 8. The first-order chi connectivity index (χ1) is 27.5. The van der Waals surface area contributed by atoms with E-state index in [1.54, 1.807) is 0 Å². The maximum Gasteiger partial charge on any atom is 0.269 e. The third kappa shape index (κ3) is 7.92. The number of nitro benzene ring substituents is 2. The summed E-state index contributed by atoms with van der Waals surface area (Å²) in [5, 5.41) is 26.4. The van der Waals surface area contributed by atoms with Crippen LogP contribution in [0.5, 0.6) is 23.0 Å². The third-order valence-corrected chi connectivity index (χ3v) is 8.00. The minimum atomic E-state index is -2.53.